The summed E-state index contributed by atoms with van der Waals surface area (Å²) in [6.07, 6.45) is 15.3. The van der Waals surface area contributed by atoms with Gasteiger partial charge in [0.1, 0.15) is 12.7 Å². The number of aliphatic hydroxyl groups is 1. The first-order chi connectivity index (χ1) is 18.6. The second-order valence-electron chi connectivity index (χ2n) is 9.95. The fourth-order valence-electron chi connectivity index (χ4n) is 3.78. The van der Waals surface area contributed by atoms with E-state index in [1.165, 1.54) is 51.4 Å². The number of phosphoric ester groups is 1. The summed E-state index contributed by atoms with van der Waals surface area (Å²) in [4.78, 5) is 44.9. The number of nitrogens with one attached hydrogen (secondary N) is 1. The summed E-state index contributed by atoms with van der Waals surface area (Å²) in [5.74, 6) is -2.40. The third-order valence-corrected chi connectivity index (χ3v) is 7.10. The Labute approximate surface area is 234 Å². The Bertz CT molecular complexity index is 706. The van der Waals surface area contributed by atoms with Crippen molar-refractivity contribution in [1.82, 2.24) is 5.32 Å². The first-order valence-electron chi connectivity index (χ1n) is 14.6. The van der Waals surface area contributed by atoms with E-state index in [0.29, 0.717) is 12.8 Å². The molecular formula is C27H52NO10P. The fraction of sp³-hybridized carbons (Fsp3) is 0.889. The molecular weight excluding hydrogens is 529 g/mol. The van der Waals surface area contributed by atoms with Gasteiger partial charge in [0.05, 0.1) is 13.2 Å². The third-order valence-electron chi connectivity index (χ3n) is 6.15. The molecule has 0 spiro atoms. The van der Waals surface area contributed by atoms with Crippen molar-refractivity contribution >= 4 is 25.7 Å². The highest BCUT2D eigenvalue weighted by atomic mass is 31.2. The van der Waals surface area contributed by atoms with Crippen LogP contribution in [-0.2, 0) is 32.7 Å². The Morgan fingerprint density at radius 2 is 1.18 bits per heavy atom. The summed E-state index contributed by atoms with van der Waals surface area (Å²) < 4.78 is 26.2. The van der Waals surface area contributed by atoms with Crippen LogP contribution in [0.15, 0.2) is 0 Å². The Balaban J connectivity index is 4.06. The molecule has 39 heavy (non-hydrogen) atoms. The molecule has 0 heterocycles. The fourth-order valence-corrected chi connectivity index (χ4v) is 4.56. The maximum absolute atomic E-state index is 12.1. The number of phosphoric acid groups is 1. The molecule has 0 aliphatic heterocycles. The predicted octanol–water partition coefficient (Wildman–Crippen LogP) is 5.27. The summed E-state index contributed by atoms with van der Waals surface area (Å²) in [5.41, 5.74) is 0. The van der Waals surface area contributed by atoms with Crippen LogP contribution in [0.4, 0.5) is 0 Å². The normalized spacial score (nSPS) is 14.4. The molecule has 0 bridgehead atoms. The van der Waals surface area contributed by atoms with Crippen molar-refractivity contribution in [2.45, 2.75) is 135 Å². The molecule has 0 aliphatic carbocycles. The van der Waals surface area contributed by atoms with Gasteiger partial charge in [-0.05, 0) is 12.8 Å². The summed E-state index contributed by atoms with van der Waals surface area (Å²) in [7, 11) is -4.72. The van der Waals surface area contributed by atoms with Crippen molar-refractivity contribution in [3.05, 3.63) is 0 Å². The molecule has 0 aliphatic rings. The molecule has 4 N–H and O–H groups in total. The van der Waals surface area contributed by atoms with E-state index in [1.54, 1.807) is 0 Å². The summed E-state index contributed by atoms with van der Waals surface area (Å²) >= 11 is 0. The first kappa shape index (κ1) is 37.5. The summed E-state index contributed by atoms with van der Waals surface area (Å²) in [6.45, 7) is 2.33. The maximum atomic E-state index is 12.1. The van der Waals surface area contributed by atoms with Gasteiger partial charge in [-0.2, -0.15) is 0 Å². The molecule has 0 aromatic heterocycles. The number of aliphatic hydroxyl groups excluding tert-OH is 1. The van der Waals surface area contributed by atoms with Gasteiger partial charge >= 0.3 is 19.8 Å². The van der Waals surface area contributed by atoms with Crippen molar-refractivity contribution in [1.29, 1.82) is 0 Å². The molecule has 0 fully saturated rings. The topological polar surface area (TPSA) is 169 Å². The molecule has 0 aromatic carbocycles. The number of aliphatic carboxylic acids is 1. The minimum Gasteiger partial charge on any atom is -0.480 e. The van der Waals surface area contributed by atoms with Crippen LogP contribution in [0.25, 0.3) is 0 Å². The van der Waals surface area contributed by atoms with E-state index >= 15 is 0 Å². The zero-order valence-electron chi connectivity index (χ0n) is 23.9. The van der Waals surface area contributed by atoms with E-state index in [-0.39, 0.29) is 12.8 Å². The highest BCUT2D eigenvalue weighted by molar-refractivity contribution is 7.47. The van der Waals surface area contributed by atoms with Crippen LogP contribution >= 0.6 is 7.82 Å². The quantitative estimate of drug-likeness (QED) is 0.0570. The number of carboxylic acids is 1. The van der Waals surface area contributed by atoms with E-state index in [1.807, 2.05) is 6.92 Å². The largest absolute Gasteiger partial charge is 0.480 e. The number of unbranched alkanes of at least 4 members (excludes halogenated alkanes) is 13. The van der Waals surface area contributed by atoms with E-state index in [2.05, 4.69) is 21.3 Å². The Morgan fingerprint density at radius 1 is 0.718 bits per heavy atom. The first-order valence-corrected chi connectivity index (χ1v) is 16.1. The number of carboxylic acid groups (broad SMARTS) is 1. The van der Waals surface area contributed by atoms with Gasteiger partial charge in [-0.15, -0.1) is 0 Å². The van der Waals surface area contributed by atoms with Gasteiger partial charge in [-0.1, -0.05) is 97.3 Å². The predicted molar refractivity (Wildman–Crippen MR) is 148 cm³/mol. The highest BCUT2D eigenvalue weighted by Crippen LogP contribution is 2.43. The van der Waals surface area contributed by atoms with E-state index in [4.69, 9.17) is 4.74 Å². The number of esters is 1. The lowest BCUT2D eigenvalue weighted by atomic mass is 10.0. The Kier molecular flexibility index (Phi) is 23.3. The van der Waals surface area contributed by atoms with Gasteiger partial charge in [-0.25, -0.2) is 9.36 Å². The molecule has 3 unspecified atom stereocenters. The third kappa shape index (κ3) is 24.0. The summed E-state index contributed by atoms with van der Waals surface area (Å²) in [5, 5.41) is 21.4. The number of carbonyl (C=O) groups excluding carboxylic acids is 2. The number of hydrogen-bond donors (Lipinski definition) is 4. The second kappa shape index (κ2) is 24.3. The average Bonchev–Trinajstić information content (AvgIpc) is 2.89. The monoisotopic (exact) mass is 581 g/mol. The van der Waals surface area contributed by atoms with Gasteiger partial charge in [0, 0.05) is 12.8 Å². The zero-order valence-corrected chi connectivity index (χ0v) is 24.8. The van der Waals surface area contributed by atoms with Crippen molar-refractivity contribution in [3.63, 3.8) is 0 Å². The van der Waals surface area contributed by atoms with Crippen LogP contribution in [0.3, 0.4) is 0 Å². The molecule has 0 saturated heterocycles. The average molecular weight is 582 g/mol. The van der Waals surface area contributed by atoms with Gasteiger partial charge in [-0.3, -0.25) is 18.6 Å². The van der Waals surface area contributed by atoms with E-state index in [0.717, 1.165) is 32.1 Å². The SMILES string of the molecule is CCCCCCCCCCCCCCC(=O)NC(COP(=O)(O)OCC(O)COC(=O)CCCCC)C(=O)O. The highest BCUT2D eigenvalue weighted by Gasteiger charge is 2.28. The lowest BCUT2D eigenvalue weighted by Crippen LogP contribution is -2.43. The smallest absolute Gasteiger partial charge is 0.472 e. The zero-order chi connectivity index (χ0) is 29.4. The molecule has 11 nitrogen and oxygen atoms in total. The van der Waals surface area contributed by atoms with Crippen LogP contribution in [0.2, 0.25) is 0 Å². The molecule has 0 saturated carbocycles. The standard InChI is InChI=1S/C27H52NO10P/c1-3-5-7-8-9-10-11-12-13-14-15-17-18-25(30)28-24(27(32)33)22-38-39(34,35)37-21-23(29)20-36-26(31)19-16-6-4-2/h23-24,29H,3-22H2,1-2H3,(H,28,30)(H,32,33)(H,34,35). The van der Waals surface area contributed by atoms with Crippen LogP contribution in [-0.4, -0.2) is 64.9 Å². The lowest BCUT2D eigenvalue weighted by Gasteiger charge is -2.18. The Morgan fingerprint density at radius 3 is 1.72 bits per heavy atom. The number of carbonyl (C=O) groups is 3. The molecule has 230 valence electrons. The van der Waals surface area contributed by atoms with Crippen molar-refractivity contribution in [2.75, 3.05) is 19.8 Å². The van der Waals surface area contributed by atoms with Gasteiger partial charge in [0.25, 0.3) is 0 Å². The molecule has 0 radical (unpaired) electrons. The second-order valence-corrected chi connectivity index (χ2v) is 11.4. The molecule has 12 heteroatoms. The number of ether oxygens (including phenoxy) is 1. The van der Waals surface area contributed by atoms with E-state index in [9.17, 15) is 34.1 Å². The van der Waals surface area contributed by atoms with E-state index < -0.39 is 57.6 Å². The number of rotatable bonds is 27. The minimum atomic E-state index is -4.72. The van der Waals surface area contributed by atoms with Crippen LogP contribution in [0, 0.1) is 0 Å². The van der Waals surface area contributed by atoms with Crippen LogP contribution in [0.1, 0.15) is 123 Å². The Hall–Kier alpha value is -1.52. The van der Waals surface area contributed by atoms with Gasteiger partial charge < -0.3 is 25.2 Å². The maximum Gasteiger partial charge on any atom is 0.472 e. The molecule has 3 atom stereocenters. The number of amides is 1. The minimum absolute atomic E-state index is 0.151. The molecule has 1 amide bonds. The number of hydrogen-bond acceptors (Lipinski definition) is 8. The molecule has 0 rings (SSSR count). The van der Waals surface area contributed by atoms with Crippen molar-refractivity contribution in [3.8, 4) is 0 Å². The van der Waals surface area contributed by atoms with Gasteiger partial charge in [0.2, 0.25) is 5.91 Å². The van der Waals surface area contributed by atoms with Crippen LogP contribution < -0.4 is 5.32 Å². The summed E-state index contributed by atoms with van der Waals surface area (Å²) in [6, 6.07) is -1.53. The van der Waals surface area contributed by atoms with Crippen LogP contribution in [0.5, 0.6) is 0 Å². The van der Waals surface area contributed by atoms with Crippen molar-refractivity contribution in [2.24, 2.45) is 0 Å². The van der Waals surface area contributed by atoms with Gasteiger partial charge in [0.15, 0.2) is 6.04 Å². The van der Waals surface area contributed by atoms with Crippen molar-refractivity contribution < 1.29 is 47.8 Å². The lowest BCUT2D eigenvalue weighted by molar-refractivity contribution is -0.147. The molecule has 0 aromatic rings.